The van der Waals surface area contributed by atoms with Crippen molar-refractivity contribution in [1.82, 2.24) is 0 Å². The van der Waals surface area contributed by atoms with Crippen molar-refractivity contribution in [1.29, 1.82) is 0 Å². The van der Waals surface area contributed by atoms with Gasteiger partial charge in [-0.15, -0.1) is 11.3 Å². The number of hydrogen-bond acceptors (Lipinski definition) is 4. The van der Waals surface area contributed by atoms with E-state index in [-0.39, 0.29) is 12.0 Å². The van der Waals surface area contributed by atoms with Crippen LogP contribution < -0.4 is 0 Å². The fourth-order valence-corrected chi connectivity index (χ4v) is 9.20. The van der Waals surface area contributed by atoms with Crippen LogP contribution in [0.2, 0.25) is 0 Å². The summed E-state index contributed by atoms with van der Waals surface area (Å²) in [7, 11) is 0. The first-order chi connectivity index (χ1) is 25.6. The van der Waals surface area contributed by atoms with Gasteiger partial charge in [-0.25, -0.2) is 4.99 Å². The van der Waals surface area contributed by atoms with Gasteiger partial charge in [-0.3, -0.25) is 4.99 Å². The van der Waals surface area contributed by atoms with Crippen molar-refractivity contribution in [3.8, 4) is 11.1 Å². The number of para-hydroxylation sites is 1. The van der Waals surface area contributed by atoms with E-state index in [9.17, 15) is 0 Å². The number of nitrogens with zero attached hydrogens (tertiary/aromatic N) is 2. The minimum absolute atomic E-state index is 0.199. The summed E-state index contributed by atoms with van der Waals surface area (Å²) in [5, 5.41) is 3.69. The zero-order valence-electron chi connectivity index (χ0n) is 29.4. The van der Waals surface area contributed by atoms with Crippen molar-refractivity contribution in [3.05, 3.63) is 174 Å². The highest BCUT2D eigenvalue weighted by Gasteiger charge is 2.28. The molecule has 3 heterocycles. The Kier molecular flexibility index (Phi) is 8.62. The number of amidine groups is 1. The minimum atomic E-state index is -0.199. The van der Waals surface area contributed by atoms with Gasteiger partial charge >= 0.3 is 0 Å². The molecule has 4 heteroatoms. The summed E-state index contributed by atoms with van der Waals surface area (Å²) >= 11 is 1.83. The number of benzene rings is 4. The SMILES string of the molecule is C=C1CC(C2=CC=CCC2)=NC(c2cccc3c2sc2ccccc23)=NC1C1=CC(Cc2oc3c(-c4ccccc4)cccc3c2/C=C\C)CC=C1. The molecule has 2 aromatic heterocycles. The van der Waals surface area contributed by atoms with Crippen molar-refractivity contribution in [2.24, 2.45) is 15.9 Å². The predicted molar refractivity (Wildman–Crippen MR) is 223 cm³/mol. The van der Waals surface area contributed by atoms with Crippen LogP contribution in [0.5, 0.6) is 0 Å². The lowest BCUT2D eigenvalue weighted by Crippen LogP contribution is -2.17. The summed E-state index contributed by atoms with van der Waals surface area (Å²) in [4.78, 5) is 10.9. The van der Waals surface area contributed by atoms with Gasteiger partial charge in [0.15, 0.2) is 5.84 Å². The molecular formula is C48H40N2OS. The normalized spacial score (nSPS) is 19.3. The fraction of sp³-hybridized carbons (Fsp3) is 0.167. The molecule has 6 aromatic rings. The molecule has 254 valence electrons. The Labute approximate surface area is 309 Å². The molecule has 0 saturated heterocycles. The van der Waals surface area contributed by atoms with Crippen LogP contribution in [0.25, 0.3) is 48.3 Å². The first kappa shape index (κ1) is 32.3. The van der Waals surface area contributed by atoms with Crippen molar-refractivity contribution in [2.75, 3.05) is 0 Å². The highest BCUT2D eigenvalue weighted by atomic mass is 32.1. The molecule has 0 fully saturated rings. The molecule has 4 aromatic carbocycles. The molecule has 2 aliphatic carbocycles. The second-order valence-corrected chi connectivity index (χ2v) is 15.0. The van der Waals surface area contributed by atoms with E-state index in [1.807, 2.05) is 11.3 Å². The largest absolute Gasteiger partial charge is 0.460 e. The average Bonchev–Trinajstić information content (AvgIpc) is 3.68. The summed E-state index contributed by atoms with van der Waals surface area (Å²) in [5.74, 6) is 2.08. The maximum Gasteiger partial charge on any atom is 0.157 e. The molecule has 2 atom stereocenters. The van der Waals surface area contributed by atoms with Crippen LogP contribution in [0.1, 0.15) is 49.5 Å². The van der Waals surface area contributed by atoms with E-state index in [0.29, 0.717) is 6.42 Å². The number of rotatable bonds is 7. The first-order valence-corrected chi connectivity index (χ1v) is 19.2. The van der Waals surface area contributed by atoms with Crippen molar-refractivity contribution in [3.63, 3.8) is 0 Å². The van der Waals surface area contributed by atoms with E-state index >= 15 is 0 Å². The highest BCUT2D eigenvalue weighted by molar-refractivity contribution is 7.26. The molecule has 0 spiro atoms. The van der Waals surface area contributed by atoms with Crippen molar-refractivity contribution in [2.45, 2.75) is 45.1 Å². The number of thiophene rings is 1. The Bertz CT molecular complexity index is 2580. The number of aliphatic imine (C=N–C) groups is 2. The van der Waals surface area contributed by atoms with E-state index in [4.69, 9.17) is 14.4 Å². The molecule has 9 rings (SSSR count). The van der Waals surface area contributed by atoms with Crippen molar-refractivity contribution < 1.29 is 4.42 Å². The van der Waals surface area contributed by atoms with Crippen LogP contribution in [0.4, 0.5) is 0 Å². The van der Waals surface area contributed by atoms with Gasteiger partial charge < -0.3 is 4.42 Å². The quantitative estimate of drug-likeness (QED) is 0.153. The zero-order chi connectivity index (χ0) is 35.0. The smallest absolute Gasteiger partial charge is 0.157 e. The van der Waals surface area contributed by atoms with E-state index in [0.717, 1.165) is 76.2 Å². The molecule has 3 nitrogen and oxygen atoms in total. The first-order valence-electron chi connectivity index (χ1n) is 18.3. The lowest BCUT2D eigenvalue weighted by Gasteiger charge is -2.22. The van der Waals surface area contributed by atoms with Gasteiger partial charge in [0.05, 0.1) is 11.8 Å². The predicted octanol–water partition coefficient (Wildman–Crippen LogP) is 13.0. The third kappa shape index (κ3) is 5.97. The van der Waals surface area contributed by atoms with Crippen LogP contribution in [-0.2, 0) is 6.42 Å². The molecule has 3 aliphatic rings. The zero-order valence-corrected chi connectivity index (χ0v) is 30.2. The molecule has 0 N–H and O–H groups in total. The Hall–Kier alpha value is -5.58. The number of fused-ring (bicyclic) bond motifs is 4. The summed E-state index contributed by atoms with van der Waals surface area (Å²) in [6.07, 6.45) is 22.4. The van der Waals surface area contributed by atoms with Crippen molar-refractivity contribution >= 4 is 60.1 Å². The highest BCUT2D eigenvalue weighted by Crippen LogP contribution is 2.40. The van der Waals surface area contributed by atoms with E-state index < -0.39 is 0 Å². The third-order valence-electron chi connectivity index (χ3n) is 10.5. The Morgan fingerprint density at radius 2 is 1.69 bits per heavy atom. The molecular weight excluding hydrogens is 653 g/mol. The van der Waals surface area contributed by atoms with Crippen LogP contribution >= 0.6 is 11.3 Å². The van der Waals surface area contributed by atoms with Crippen LogP contribution in [0, 0.1) is 5.92 Å². The monoisotopic (exact) mass is 692 g/mol. The molecule has 0 radical (unpaired) electrons. The maximum atomic E-state index is 6.81. The third-order valence-corrected chi connectivity index (χ3v) is 11.7. The minimum Gasteiger partial charge on any atom is -0.460 e. The number of furan rings is 1. The van der Waals surface area contributed by atoms with E-state index in [1.54, 1.807) is 0 Å². The number of hydrogen-bond donors (Lipinski definition) is 0. The summed E-state index contributed by atoms with van der Waals surface area (Å²) < 4.78 is 9.32. The van der Waals surface area contributed by atoms with E-state index in [2.05, 4.69) is 153 Å². The molecule has 2 unspecified atom stereocenters. The van der Waals surface area contributed by atoms with Gasteiger partial charge in [-0.2, -0.15) is 0 Å². The van der Waals surface area contributed by atoms with Gasteiger partial charge in [0.25, 0.3) is 0 Å². The lowest BCUT2D eigenvalue weighted by molar-refractivity contribution is 0.501. The topological polar surface area (TPSA) is 37.9 Å². The van der Waals surface area contributed by atoms with Gasteiger partial charge in [-0.05, 0) is 66.5 Å². The Morgan fingerprint density at radius 3 is 2.54 bits per heavy atom. The molecule has 0 amide bonds. The van der Waals surface area contributed by atoms with Gasteiger partial charge in [-0.1, -0.05) is 134 Å². The van der Waals surface area contributed by atoms with E-state index in [1.165, 1.54) is 36.9 Å². The molecule has 0 saturated carbocycles. The second kappa shape index (κ2) is 13.9. The molecule has 1 aliphatic heterocycles. The van der Waals surface area contributed by atoms with Crippen LogP contribution in [0.15, 0.2) is 171 Å². The Balaban J connectivity index is 1.11. The Morgan fingerprint density at radius 1 is 0.885 bits per heavy atom. The molecule has 52 heavy (non-hydrogen) atoms. The van der Waals surface area contributed by atoms with Gasteiger partial charge in [0, 0.05) is 55.1 Å². The summed E-state index contributed by atoms with van der Waals surface area (Å²) in [6, 6.07) is 32.1. The maximum absolute atomic E-state index is 6.81. The van der Waals surface area contributed by atoms with Crippen LogP contribution in [0.3, 0.4) is 0 Å². The van der Waals surface area contributed by atoms with Crippen LogP contribution in [-0.4, -0.2) is 17.6 Å². The summed E-state index contributed by atoms with van der Waals surface area (Å²) in [6.45, 7) is 6.76. The second-order valence-electron chi connectivity index (χ2n) is 13.9. The van der Waals surface area contributed by atoms with Gasteiger partial charge in [0.2, 0.25) is 0 Å². The fourth-order valence-electron chi connectivity index (χ4n) is 7.98. The average molecular weight is 693 g/mol. The lowest BCUT2D eigenvalue weighted by atomic mass is 9.85. The number of allylic oxidation sites excluding steroid dienone is 7. The standard InChI is InChI=1S/C48H40N2OS/c1-3-15-37-39-24-13-23-36(33-17-6-4-7-18-33)46(39)51-43(37)30-32-16-12-21-35(29-32)45-31(2)28-42(34-19-8-5-9-20-34)49-48(50-45)41-26-14-25-40-38-22-10-11-27-44(38)52-47(40)41/h3-8,10-15,17-19,21-27,29,32,45H,2,9,16,20,28,30H2,1H3/b15-3-. The molecule has 0 bridgehead atoms. The van der Waals surface area contributed by atoms with Gasteiger partial charge in [0.1, 0.15) is 11.3 Å². The summed E-state index contributed by atoms with van der Waals surface area (Å²) in [5.41, 5.74) is 10.1.